The molecule has 2 heterocycles. The maximum absolute atomic E-state index is 5.80. The zero-order chi connectivity index (χ0) is 11.4. The summed E-state index contributed by atoms with van der Waals surface area (Å²) in [7, 11) is 0. The molecule has 2 rings (SSSR count). The van der Waals surface area contributed by atoms with Crippen molar-refractivity contribution in [3.05, 3.63) is 51.8 Å². The van der Waals surface area contributed by atoms with E-state index in [2.05, 4.69) is 31.2 Å². The van der Waals surface area contributed by atoms with Crippen molar-refractivity contribution in [1.82, 2.24) is 9.97 Å². The van der Waals surface area contributed by atoms with E-state index in [0.29, 0.717) is 11.6 Å². The molecule has 5 heteroatoms. The Bertz CT molecular complexity index is 476. The van der Waals surface area contributed by atoms with Crippen LogP contribution in [0.15, 0.2) is 41.1 Å². The minimum absolute atomic E-state index is 0.607. The maximum Gasteiger partial charge on any atom is 0.140 e. The molecule has 0 radical (unpaired) electrons. The Balaban J connectivity index is 2.05. The summed E-state index contributed by atoms with van der Waals surface area (Å²) in [6.45, 7) is 0.633. The average Bonchev–Trinajstić information content (AvgIpc) is 2.29. The third-order valence-corrected chi connectivity index (χ3v) is 2.78. The van der Waals surface area contributed by atoms with Crippen LogP contribution in [0.3, 0.4) is 0 Å². The van der Waals surface area contributed by atoms with Gasteiger partial charge < -0.3 is 5.32 Å². The van der Waals surface area contributed by atoms with Gasteiger partial charge in [0, 0.05) is 12.4 Å². The van der Waals surface area contributed by atoms with Crippen molar-refractivity contribution in [2.45, 2.75) is 6.54 Å². The van der Waals surface area contributed by atoms with Crippen molar-refractivity contribution >= 4 is 33.3 Å². The molecule has 0 aromatic carbocycles. The van der Waals surface area contributed by atoms with E-state index in [9.17, 15) is 0 Å². The highest BCUT2D eigenvalue weighted by Gasteiger charge is 2.02. The monoisotopic (exact) mass is 297 g/mol. The predicted octanol–water partition coefficient (Wildman–Crippen LogP) is 3.50. The molecular weight excluding hydrogens is 289 g/mol. The van der Waals surface area contributed by atoms with Crippen molar-refractivity contribution in [2.24, 2.45) is 0 Å². The molecule has 2 aromatic rings. The Hall–Kier alpha value is -1.13. The van der Waals surface area contributed by atoms with Crippen LogP contribution in [-0.2, 0) is 6.54 Å². The van der Waals surface area contributed by atoms with E-state index in [1.807, 2.05) is 18.2 Å². The first kappa shape index (κ1) is 11.4. The van der Waals surface area contributed by atoms with Crippen LogP contribution in [0, 0.1) is 0 Å². The van der Waals surface area contributed by atoms with Crippen molar-refractivity contribution in [2.75, 3.05) is 5.32 Å². The Morgan fingerprint density at radius 3 is 2.88 bits per heavy atom. The smallest absolute Gasteiger partial charge is 0.140 e. The van der Waals surface area contributed by atoms with E-state index in [1.165, 1.54) is 0 Å². The second-order valence-corrected chi connectivity index (χ2v) is 4.45. The first-order valence-electron chi connectivity index (χ1n) is 4.70. The van der Waals surface area contributed by atoms with Crippen molar-refractivity contribution in [1.29, 1.82) is 0 Å². The lowest BCUT2D eigenvalue weighted by molar-refractivity contribution is 1.03. The van der Waals surface area contributed by atoms with E-state index in [4.69, 9.17) is 11.6 Å². The van der Waals surface area contributed by atoms with E-state index >= 15 is 0 Å². The topological polar surface area (TPSA) is 37.8 Å². The average molecular weight is 299 g/mol. The van der Waals surface area contributed by atoms with Crippen LogP contribution in [0.1, 0.15) is 5.69 Å². The van der Waals surface area contributed by atoms with E-state index in [0.717, 1.165) is 16.0 Å². The number of halogens is 2. The highest BCUT2D eigenvalue weighted by atomic mass is 79.9. The van der Waals surface area contributed by atoms with E-state index in [-0.39, 0.29) is 0 Å². The van der Waals surface area contributed by atoms with Gasteiger partial charge in [-0.05, 0) is 34.1 Å². The molecule has 0 bridgehead atoms. The van der Waals surface area contributed by atoms with E-state index < -0.39 is 0 Å². The SMILES string of the molecule is Clc1cnc(NCc2ccccn2)c(Br)c1. The number of hydrogen-bond donors (Lipinski definition) is 1. The van der Waals surface area contributed by atoms with Crippen molar-refractivity contribution in [3.8, 4) is 0 Å². The molecule has 0 saturated carbocycles. The van der Waals surface area contributed by atoms with Gasteiger partial charge in [0.25, 0.3) is 0 Å². The van der Waals surface area contributed by atoms with Gasteiger partial charge in [-0.1, -0.05) is 17.7 Å². The van der Waals surface area contributed by atoms with Gasteiger partial charge in [-0.3, -0.25) is 4.98 Å². The fourth-order valence-corrected chi connectivity index (χ4v) is 2.00. The van der Waals surface area contributed by atoms with Crippen LogP contribution in [0.4, 0.5) is 5.82 Å². The molecule has 0 saturated heterocycles. The Morgan fingerprint density at radius 2 is 2.19 bits per heavy atom. The molecule has 2 aromatic heterocycles. The molecule has 0 aliphatic carbocycles. The van der Waals surface area contributed by atoms with Crippen LogP contribution in [-0.4, -0.2) is 9.97 Å². The van der Waals surface area contributed by atoms with Gasteiger partial charge >= 0.3 is 0 Å². The Labute approximate surface area is 107 Å². The maximum atomic E-state index is 5.80. The normalized spacial score (nSPS) is 10.1. The molecule has 0 aliphatic rings. The van der Waals surface area contributed by atoms with Crippen molar-refractivity contribution in [3.63, 3.8) is 0 Å². The summed E-state index contributed by atoms with van der Waals surface area (Å²) in [5.41, 5.74) is 0.964. The van der Waals surface area contributed by atoms with Crippen molar-refractivity contribution < 1.29 is 0 Å². The molecule has 16 heavy (non-hydrogen) atoms. The van der Waals surface area contributed by atoms with Gasteiger partial charge in [-0.25, -0.2) is 4.98 Å². The van der Waals surface area contributed by atoms with Gasteiger partial charge in [-0.15, -0.1) is 0 Å². The first-order chi connectivity index (χ1) is 7.75. The third-order valence-electron chi connectivity index (χ3n) is 1.97. The van der Waals surface area contributed by atoms with Gasteiger partial charge in [-0.2, -0.15) is 0 Å². The zero-order valence-corrected chi connectivity index (χ0v) is 10.7. The second-order valence-electron chi connectivity index (χ2n) is 3.16. The zero-order valence-electron chi connectivity index (χ0n) is 8.32. The summed E-state index contributed by atoms with van der Waals surface area (Å²) in [6.07, 6.45) is 3.37. The molecular formula is C11H9BrClN3. The van der Waals surface area contributed by atoms with Gasteiger partial charge in [0.05, 0.1) is 21.7 Å². The lowest BCUT2D eigenvalue weighted by Crippen LogP contribution is -2.03. The first-order valence-corrected chi connectivity index (χ1v) is 5.87. The summed E-state index contributed by atoms with van der Waals surface area (Å²) in [4.78, 5) is 8.38. The van der Waals surface area contributed by atoms with E-state index in [1.54, 1.807) is 18.5 Å². The molecule has 1 N–H and O–H groups in total. The number of pyridine rings is 2. The summed E-state index contributed by atoms with van der Waals surface area (Å²) >= 11 is 9.19. The summed E-state index contributed by atoms with van der Waals surface area (Å²) < 4.78 is 0.843. The van der Waals surface area contributed by atoms with Crippen LogP contribution < -0.4 is 5.32 Å². The number of hydrogen-bond acceptors (Lipinski definition) is 3. The fourth-order valence-electron chi connectivity index (χ4n) is 1.22. The molecule has 0 atom stereocenters. The molecule has 0 fully saturated rings. The number of rotatable bonds is 3. The molecule has 0 unspecified atom stereocenters. The third kappa shape index (κ3) is 2.93. The highest BCUT2D eigenvalue weighted by Crippen LogP contribution is 2.23. The van der Waals surface area contributed by atoms with Gasteiger partial charge in [0.1, 0.15) is 5.82 Å². The molecule has 0 spiro atoms. The lowest BCUT2D eigenvalue weighted by atomic mass is 10.3. The minimum Gasteiger partial charge on any atom is -0.363 e. The van der Waals surface area contributed by atoms with Crippen LogP contribution in [0.25, 0.3) is 0 Å². The number of nitrogens with one attached hydrogen (secondary N) is 1. The number of anilines is 1. The quantitative estimate of drug-likeness (QED) is 0.942. The predicted molar refractivity (Wildman–Crippen MR) is 68.5 cm³/mol. The molecule has 3 nitrogen and oxygen atoms in total. The van der Waals surface area contributed by atoms with Crippen LogP contribution in [0.2, 0.25) is 5.02 Å². The minimum atomic E-state index is 0.607. The van der Waals surface area contributed by atoms with Gasteiger partial charge in [0.15, 0.2) is 0 Å². The summed E-state index contributed by atoms with van der Waals surface area (Å²) in [5.74, 6) is 0.759. The fraction of sp³-hybridized carbons (Fsp3) is 0.0909. The Kier molecular flexibility index (Phi) is 3.74. The summed E-state index contributed by atoms with van der Waals surface area (Å²) in [6, 6.07) is 7.60. The lowest BCUT2D eigenvalue weighted by Gasteiger charge is -2.06. The largest absolute Gasteiger partial charge is 0.363 e. The van der Waals surface area contributed by atoms with Gasteiger partial charge in [0.2, 0.25) is 0 Å². The van der Waals surface area contributed by atoms with Crippen LogP contribution in [0.5, 0.6) is 0 Å². The summed E-state index contributed by atoms with van der Waals surface area (Å²) in [5, 5.41) is 3.78. The van der Waals surface area contributed by atoms with Crippen LogP contribution >= 0.6 is 27.5 Å². The second kappa shape index (κ2) is 5.27. The highest BCUT2D eigenvalue weighted by molar-refractivity contribution is 9.10. The molecule has 0 aliphatic heterocycles. The molecule has 82 valence electrons. The number of nitrogens with zero attached hydrogens (tertiary/aromatic N) is 2. The molecule has 0 amide bonds. The Morgan fingerprint density at radius 1 is 1.31 bits per heavy atom. The standard InChI is InChI=1S/C11H9BrClN3/c12-10-5-8(13)6-15-11(10)16-7-9-3-1-2-4-14-9/h1-6H,7H2,(H,15,16). The number of aromatic nitrogens is 2.